The molecule has 0 radical (unpaired) electrons. The molecule has 0 bridgehead atoms. The van der Waals surface area contributed by atoms with E-state index in [2.05, 4.69) is 10.6 Å². The Labute approximate surface area is 220 Å². The van der Waals surface area contributed by atoms with E-state index in [1.165, 1.54) is 0 Å². The van der Waals surface area contributed by atoms with E-state index in [9.17, 15) is 19.5 Å². The fraction of sp³-hybridized carbons (Fsp3) is 0.156. The number of anilines is 2. The number of rotatable bonds is 6. The first-order chi connectivity index (χ1) is 18.5. The van der Waals surface area contributed by atoms with Crippen LogP contribution in [0, 0.1) is 11.8 Å². The summed E-state index contributed by atoms with van der Waals surface area (Å²) in [6, 6.07) is 32.3. The number of benzene rings is 4. The number of amides is 2. The van der Waals surface area contributed by atoms with Gasteiger partial charge in [-0.05, 0) is 46.0 Å². The van der Waals surface area contributed by atoms with Gasteiger partial charge in [-0.25, -0.2) is 0 Å². The zero-order chi connectivity index (χ0) is 26.2. The summed E-state index contributed by atoms with van der Waals surface area (Å²) in [5.41, 5.74) is 5.95. The third-order valence-corrected chi connectivity index (χ3v) is 7.70. The van der Waals surface area contributed by atoms with Crippen molar-refractivity contribution in [2.24, 2.45) is 11.8 Å². The third kappa shape index (κ3) is 4.24. The number of carboxylic acid groups (broad SMARTS) is 1. The highest BCUT2D eigenvalue weighted by Crippen LogP contribution is 2.57. The van der Waals surface area contributed by atoms with Gasteiger partial charge in [0.1, 0.15) is 0 Å². The van der Waals surface area contributed by atoms with Gasteiger partial charge in [0.15, 0.2) is 0 Å². The molecule has 0 spiro atoms. The summed E-state index contributed by atoms with van der Waals surface area (Å²) in [5, 5.41) is 16.1. The minimum absolute atomic E-state index is 0.0146. The van der Waals surface area contributed by atoms with Crippen LogP contribution in [-0.4, -0.2) is 22.9 Å². The molecule has 188 valence electrons. The smallest absolute Gasteiger partial charge is 0.307 e. The molecule has 6 nitrogen and oxygen atoms in total. The van der Waals surface area contributed by atoms with E-state index in [1.807, 2.05) is 103 Å². The van der Waals surface area contributed by atoms with Crippen LogP contribution in [0.15, 0.2) is 103 Å². The van der Waals surface area contributed by atoms with E-state index in [1.54, 1.807) is 0 Å². The lowest BCUT2D eigenvalue weighted by Crippen LogP contribution is -2.52. The fourth-order valence-corrected chi connectivity index (χ4v) is 5.96. The van der Waals surface area contributed by atoms with E-state index in [-0.39, 0.29) is 11.8 Å². The van der Waals surface area contributed by atoms with Gasteiger partial charge in [-0.15, -0.1) is 0 Å². The van der Waals surface area contributed by atoms with Crippen LogP contribution in [0.1, 0.15) is 28.5 Å². The van der Waals surface area contributed by atoms with E-state index < -0.39 is 29.6 Å². The number of fused-ring (bicyclic) bond motifs is 1. The lowest BCUT2D eigenvalue weighted by molar-refractivity contribution is -0.152. The zero-order valence-corrected chi connectivity index (χ0v) is 20.5. The summed E-state index contributed by atoms with van der Waals surface area (Å²) in [5.74, 6) is -3.25. The van der Waals surface area contributed by atoms with E-state index >= 15 is 0 Å². The normalized spacial score (nSPS) is 21.6. The maximum atomic E-state index is 13.8. The van der Waals surface area contributed by atoms with Gasteiger partial charge in [0, 0.05) is 23.2 Å². The second-order valence-corrected chi connectivity index (χ2v) is 9.93. The molecular weight excluding hydrogens is 476 g/mol. The van der Waals surface area contributed by atoms with Gasteiger partial charge in [0.2, 0.25) is 11.8 Å². The highest BCUT2D eigenvalue weighted by molar-refractivity contribution is 6.00. The molecule has 1 fully saturated rings. The van der Waals surface area contributed by atoms with Crippen molar-refractivity contribution in [3.05, 3.63) is 120 Å². The van der Waals surface area contributed by atoms with Crippen LogP contribution in [0.4, 0.5) is 11.4 Å². The molecular formula is C32H26N2O4. The number of carboxylic acids is 1. The molecule has 1 saturated carbocycles. The SMILES string of the molecule is O=C1Cc2ccc(-c3cccc(NC(=O)C4[C@@H](c5ccccc5)C(C(=O)O)[C@@H]4c4ccccc4)c3)cc2N1. The molecule has 1 aliphatic heterocycles. The van der Waals surface area contributed by atoms with Gasteiger partial charge >= 0.3 is 5.97 Å². The first kappa shape index (κ1) is 23.7. The minimum Gasteiger partial charge on any atom is -0.481 e. The molecule has 2 amide bonds. The van der Waals surface area contributed by atoms with E-state index in [0.717, 1.165) is 33.5 Å². The van der Waals surface area contributed by atoms with E-state index in [0.29, 0.717) is 12.1 Å². The van der Waals surface area contributed by atoms with Crippen LogP contribution in [0.5, 0.6) is 0 Å². The topological polar surface area (TPSA) is 95.5 Å². The van der Waals surface area contributed by atoms with Crippen molar-refractivity contribution in [3.8, 4) is 11.1 Å². The molecule has 4 aromatic carbocycles. The summed E-state index contributed by atoms with van der Waals surface area (Å²) in [7, 11) is 0. The maximum absolute atomic E-state index is 13.8. The first-order valence-electron chi connectivity index (χ1n) is 12.7. The van der Waals surface area contributed by atoms with Gasteiger partial charge in [0.05, 0.1) is 18.3 Å². The van der Waals surface area contributed by atoms with Crippen LogP contribution < -0.4 is 10.6 Å². The second-order valence-electron chi connectivity index (χ2n) is 9.93. The standard InChI is InChI=1S/C32H26N2O4/c35-26-18-23-15-14-22(17-25(23)34-26)21-12-7-13-24(16-21)33-31(36)29-27(19-8-3-1-4-9-19)30(32(37)38)28(29)20-10-5-2-6-11-20/h1-17,27-30H,18H2,(H,33,36)(H,34,35)(H,37,38)/t27-,28-,29?,30?/m1/s1. The molecule has 1 aliphatic carbocycles. The van der Waals surface area contributed by atoms with Crippen molar-refractivity contribution >= 4 is 29.2 Å². The highest BCUT2D eigenvalue weighted by Gasteiger charge is 2.58. The Kier molecular flexibility index (Phi) is 6.00. The Balaban J connectivity index is 1.31. The Morgan fingerprint density at radius 3 is 2.00 bits per heavy atom. The Hall–Kier alpha value is -4.71. The van der Waals surface area contributed by atoms with Crippen molar-refractivity contribution in [3.63, 3.8) is 0 Å². The lowest BCUT2D eigenvalue weighted by Gasteiger charge is -2.49. The van der Waals surface area contributed by atoms with Gasteiger partial charge in [-0.3, -0.25) is 14.4 Å². The quantitative estimate of drug-likeness (QED) is 0.316. The summed E-state index contributed by atoms with van der Waals surface area (Å²) < 4.78 is 0. The molecule has 6 rings (SSSR count). The van der Waals surface area contributed by atoms with Crippen LogP contribution >= 0.6 is 0 Å². The molecule has 2 atom stereocenters. The van der Waals surface area contributed by atoms with Gasteiger partial charge < -0.3 is 15.7 Å². The number of nitrogens with one attached hydrogen (secondary N) is 2. The molecule has 38 heavy (non-hydrogen) atoms. The number of hydrogen-bond donors (Lipinski definition) is 3. The number of aliphatic carboxylic acids is 1. The Morgan fingerprint density at radius 2 is 1.37 bits per heavy atom. The predicted octanol–water partition coefficient (Wildman–Crippen LogP) is 5.68. The van der Waals surface area contributed by atoms with Crippen molar-refractivity contribution < 1.29 is 19.5 Å². The molecule has 0 saturated heterocycles. The zero-order valence-electron chi connectivity index (χ0n) is 20.5. The predicted molar refractivity (Wildman–Crippen MR) is 146 cm³/mol. The van der Waals surface area contributed by atoms with Gasteiger partial charge in [-0.2, -0.15) is 0 Å². The number of carbonyl (C=O) groups is 3. The Morgan fingerprint density at radius 1 is 0.737 bits per heavy atom. The monoisotopic (exact) mass is 502 g/mol. The summed E-state index contributed by atoms with van der Waals surface area (Å²) in [6.07, 6.45) is 0.385. The van der Waals surface area contributed by atoms with Crippen LogP contribution in [0.2, 0.25) is 0 Å². The van der Waals surface area contributed by atoms with Crippen LogP contribution in [-0.2, 0) is 20.8 Å². The minimum atomic E-state index is -0.901. The second kappa shape index (κ2) is 9.63. The summed E-state index contributed by atoms with van der Waals surface area (Å²) in [4.78, 5) is 38.0. The van der Waals surface area contributed by atoms with Gasteiger partial charge in [0.25, 0.3) is 0 Å². The fourth-order valence-electron chi connectivity index (χ4n) is 5.96. The molecule has 4 aromatic rings. The van der Waals surface area contributed by atoms with Crippen molar-refractivity contribution in [2.75, 3.05) is 10.6 Å². The Bertz CT molecular complexity index is 1490. The largest absolute Gasteiger partial charge is 0.481 e. The lowest BCUT2D eigenvalue weighted by atomic mass is 9.52. The molecule has 2 aliphatic rings. The molecule has 6 heteroatoms. The van der Waals surface area contributed by atoms with Gasteiger partial charge in [-0.1, -0.05) is 84.9 Å². The van der Waals surface area contributed by atoms with Crippen molar-refractivity contribution in [2.45, 2.75) is 18.3 Å². The number of carbonyl (C=O) groups excluding carboxylic acids is 2. The van der Waals surface area contributed by atoms with Crippen LogP contribution in [0.25, 0.3) is 11.1 Å². The van der Waals surface area contributed by atoms with Crippen LogP contribution in [0.3, 0.4) is 0 Å². The average Bonchev–Trinajstić information content (AvgIpc) is 3.28. The van der Waals surface area contributed by atoms with Crippen molar-refractivity contribution in [1.82, 2.24) is 0 Å². The average molecular weight is 503 g/mol. The van der Waals surface area contributed by atoms with E-state index in [4.69, 9.17) is 0 Å². The third-order valence-electron chi connectivity index (χ3n) is 7.70. The summed E-state index contributed by atoms with van der Waals surface area (Å²) in [6.45, 7) is 0. The molecule has 0 unspecified atom stereocenters. The maximum Gasteiger partial charge on any atom is 0.307 e. The highest BCUT2D eigenvalue weighted by atomic mass is 16.4. The molecule has 1 heterocycles. The molecule has 0 aromatic heterocycles. The molecule has 3 N–H and O–H groups in total. The summed E-state index contributed by atoms with van der Waals surface area (Å²) >= 11 is 0. The first-order valence-corrected chi connectivity index (χ1v) is 12.7. The number of hydrogen-bond acceptors (Lipinski definition) is 3. The van der Waals surface area contributed by atoms with Crippen molar-refractivity contribution in [1.29, 1.82) is 0 Å².